The van der Waals surface area contributed by atoms with E-state index in [1.807, 2.05) is 18.3 Å². The maximum absolute atomic E-state index is 8.70. The van der Waals surface area contributed by atoms with Gasteiger partial charge in [-0.25, -0.2) is 0 Å². The van der Waals surface area contributed by atoms with Crippen LogP contribution < -0.4 is 5.73 Å². The molecule has 0 radical (unpaired) electrons. The Balaban J connectivity index is 2.74. The molecule has 17 heavy (non-hydrogen) atoms. The minimum absolute atomic E-state index is 0.104. The first kappa shape index (κ1) is 13.6. The zero-order chi connectivity index (χ0) is 12.7. The van der Waals surface area contributed by atoms with Gasteiger partial charge < -0.3 is 5.73 Å². The Hall–Kier alpha value is -1.44. The predicted octanol–water partition coefficient (Wildman–Crippen LogP) is 1.53. The number of nitrogens with two attached hydrogens (primary N) is 1. The Morgan fingerprint density at radius 2 is 2.29 bits per heavy atom. The number of pyridine rings is 1. The molecule has 0 amide bonds. The molecule has 0 aliphatic carbocycles. The van der Waals surface area contributed by atoms with Crippen LogP contribution in [0.5, 0.6) is 0 Å². The smallest absolute Gasteiger partial charge is 0.0635 e. The summed E-state index contributed by atoms with van der Waals surface area (Å²) in [6, 6.07) is 6.15. The maximum atomic E-state index is 8.70. The molecule has 0 aliphatic rings. The molecule has 1 rings (SSSR count). The van der Waals surface area contributed by atoms with E-state index >= 15 is 0 Å². The van der Waals surface area contributed by atoms with Crippen LogP contribution in [0, 0.1) is 11.3 Å². The van der Waals surface area contributed by atoms with E-state index < -0.39 is 0 Å². The monoisotopic (exact) mass is 232 g/mol. The fourth-order valence-electron chi connectivity index (χ4n) is 1.62. The molecule has 0 unspecified atom stereocenters. The lowest BCUT2D eigenvalue weighted by Gasteiger charge is -2.37. The Bertz CT molecular complexity index is 367. The average Bonchev–Trinajstić information content (AvgIpc) is 2.35. The fraction of sp³-hybridized carbons (Fsp3) is 0.538. The summed E-state index contributed by atoms with van der Waals surface area (Å²) in [7, 11) is 0. The lowest BCUT2D eigenvalue weighted by Crippen LogP contribution is -2.49. The van der Waals surface area contributed by atoms with Gasteiger partial charge in [0.1, 0.15) is 0 Å². The van der Waals surface area contributed by atoms with Crippen molar-refractivity contribution in [3.05, 3.63) is 30.1 Å². The summed E-state index contributed by atoms with van der Waals surface area (Å²) < 4.78 is 0. The van der Waals surface area contributed by atoms with E-state index in [9.17, 15) is 0 Å². The molecular weight excluding hydrogens is 212 g/mol. The van der Waals surface area contributed by atoms with Crippen molar-refractivity contribution in [1.82, 2.24) is 9.88 Å². The molecule has 4 heteroatoms. The summed E-state index contributed by atoms with van der Waals surface area (Å²) in [5, 5.41) is 8.70. The van der Waals surface area contributed by atoms with E-state index in [0.717, 1.165) is 18.7 Å². The molecule has 1 heterocycles. The van der Waals surface area contributed by atoms with Crippen LogP contribution in [-0.4, -0.2) is 28.5 Å². The van der Waals surface area contributed by atoms with Gasteiger partial charge in [-0.1, -0.05) is 6.07 Å². The SMILES string of the molecule is CC(C)(CN)N(CCC#N)Cc1cccnc1. The van der Waals surface area contributed by atoms with Crippen LogP contribution in [0.25, 0.3) is 0 Å². The lowest BCUT2D eigenvalue weighted by molar-refractivity contribution is 0.121. The number of aromatic nitrogens is 1. The summed E-state index contributed by atoms with van der Waals surface area (Å²) in [4.78, 5) is 6.33. The van der Waals surface area contributed by atoms with Crippen LogP contribution >= 0.6 is 0 Å². The number of nitrogens with zero attached hydrogens (tertiary/aromatic N) is 3. The van der Waals surface area contributed by atoms with Crippen molar-refractivity contribution in [2.24, 2.45) is 5.73 Å². The van der Waals surface area contributed by atoms with Crippen molar-refractivity contribution in [2.45, 2.75) is 32.4 Å². The fourth-order valence-corrected chi connectivity index (χ4v) is 1.62. The van der Waals surface area contributed by atoms with Crippen molar-refractivity contribution in [2.75, 3.05) is 13.1 Å². The van der Waals surface area contributed by atoms with Crippen molar-refractivity contribution in [3.63, 3.8) is 0 Å². The summed E-state index contributed by atoms with van der Waals surface area (Å²) in [6.45, 7) is 6.27. The molecule has 0 fully saturated rings. The minimum atomic E-state index is -0.104. The predicted molar refractivity (Wildman–Crippen MR) is 68.0 cm³/mol. The summed E-state index contributed by atoms with van der Waals surface area (Å²) in [5.74, 6) is 0. The largest absolute Gasteiger partial charge is 0.329 e. The Kier molecular flexibility index (Phi) is 5.08. The highest BCUT2D eigenvalue weighted by atomic mass is 15.2. The molecule has 1 aromatic rings. The second kappa shape index (κ2) is 6.33. The van der Waals surface area contributed by atoms with E-state index in [0.29, 0.717) is 13.0 Å². The Morgan fingerprint density at radius 3 is 2.82 bits per heavy atom. The molecule has 0 saturated heterocycles. The summed E-state index contributed by atoms with van der Waals surface area (Å²) in [5.41, 5.74) is 6.83. The van der Waals surface area contributed by atoms with Gasteiger partial charge in [0.2, 0.25) is 0 Å². The molecule has 0 aromatic carbocycles. The first-order valence-electron chi connectivity index (χ1n) is 5.81. The van der Waals surface area contributed by atoms with Gasteiger partial charge in [0, 0.05) is 44.0 Å². The quantitative estimate of drug-likeness (QED) is 0.808. The molecule has 4 nitrogen and oxygen atoms in total. The normalized spacial score (nSPS) is 11.5. The van der Waals surface area contributed by atoms with E-state index in [2.05, 4.69) is 29.8 Å². The number of hydrogen-bond acceptors (Lipinski definition) is 4. The minimum Gasteiger partial charge on any atom is -0.329 e. The maximum Gasteiger partial charge on any atom is 0.0635 e. The lowest BCUT2D eigenvalue weighted by atomic mass is 10.0. The zero-order valence-electron chi connectivity index (χ0n) is 10.6. The topological polar surface area (TPSA) is 65.9 Å². The van der Waals surface area contributed by atoms with Gasteiger partial charge in [0.15, 0.2) is 0 Å². The molecule has 1 aromatic heterocycles. The number of hydrogen-bond donors (Lipinski definition) is 1. The van der Waals surface area contributed by atoms with E-state index in [1.165, 1.54) is 0 Å². The van der Waals surface area contributed by atoms with Crippen molar-refractivity contribution in [1.29, 1.82) is 5.26 Å². The molecular formula is C13H20N4. The van der Waals surface area contributed by atoms with Gasteiger partial charge in [-0.15, -0.1) is 0 Å². The first-order chi connectivity index (χ1) is 8.10. The Labute approximate surface area is 103 Å². The van der Waals surface area contributed by atoms with Crippen molar-refractivity contribution >= 4 is 0 Å². The van der Waals surface area contributed by atoms with E-state index in [4.69, 9.17) is 11.0 Å². The second-order valence-corrected chi connectivity index (χ2v) is 4.71. The van der Waals surface area contributed by atoms with Crippen LogP contribution in [0.4, 0.5) is 0 Å². The standard InChI is InChI=1S/C13H20N4/c1-13(2,11-15)17(8-4-6-14)10-12-5-3-7-16-9-12/h3,5,7,9H,4,8,10-11,15H2,1-2H3. The van der Waals surface area contributed by atoms with Crippen molar-refractivity contribution in [3.8, 4) is 6.07 Å². The first-order valence-corrected chi connectivity index (χ1v) is 5.81. The number of rotatable bonds is 6. The highest BCUT2D eigenvalue weighted by molar-refractivity contribution is 5.09. The van der Waals surface area contributed by atoms with Crippen molar-refractivity contribution < 1.29 is 0 Å². The van der Waals surface area contributed by atoms with Gasteiger partial charge >= 0.3 is 0 Å². The molecule has 0 saturated carbocycles. The molecule has 0 bridgehead atoms. The second-order valence-electron chi connectivity index (χ2n) is 4.71. The highest BCUT2D eigenvalue weighted by Crippen LogP contribution is 2.16. The third-order valence-electron chi connectivity index (χ3n) is 2.95. The third-order valence-corrected chi connectivity index (χ3v) is 2.95. The zero-order valence-corrected chi connectivity index (χ0v) is 10.6. The highest BCUT2D eigenvalue weighted by Gasteiger charge is 2.24. The average molecular weight is 232 g/mol. The molecule has 2 N–H and O–H groups in total. The third kappa shape index (κ3) is 4.14. The van der Waals surface area contributed by atoms with Gasteiger partial charge in [-0.2, -0.15) is 5.26 Å². The summed E-state index contributed by atoms with van der Waals surface area (Å²) >= 11 is 0. The van der Waals surface area contributed by atoms with Gasteiger partial charge in [0.05, 0.1) is 6.07 Å². The Morgan fingerprint density at radius 1 is 1.53 bits per heavy atom. The number of nitriles is 1. The van der Waals surface area contributed by atoms with Crippen LogP contribution in [0.3, 0.4) is 0 Å². The molecule has 0 atom stereocenters. The van der Waals surface area contributed by atoms with Gasteiger partial charge in [-0.05, 0) is 25.5 Å². The molecule has 0 aliphatic heterocycles. The molecule has 0 spiro atoms. The van der Waals surface area contributed by atoms with Crippen LogP contribution in [0.2, 0.25) is 0 Å². The van der Waals surface area contributed by atoms with Crippen LogP contribution in [0.1, 0.15) is 25.8 Å². The van der Waals surface area contributed by atoms with Crippen LogP contribution in [-0.2, 0) is 6.54 Å². The van der Waals surface area contributed by atoms with E-state index in [1.54, 1.807) is 6.20 Å². The van der Waals surface area contributed by atoms with E-state index in [-0.39, 0.29) is 5.54 Å². The summed E-state index contributed by atoms with van der Waals surface area (Å²) in [6.07, 6.45) is 4.13. The van der Waals surface area contributed by atoms with Gasteiger partial charge in [0.25, 0.3) is 0 Å². The van der Waals surface area contributed by atoms with Gasteiger partial charge in [-0.3, -0.25) is 9.88 Å². The van der Waals surface area contributed by atoms with Crippen LogP contribution in [0.15, 0.2) is 24.5 Å². The molecule has 92 valence electrons.